The van der Waals surface area contributed by atoms with E-state index >= 15 is 0 Å². The summed E-state index contributed by atoms with van der Waals surface area (Å²) in [4.78, 5) is 11.0. The van der Waals surface area contributed by atoms with Crippen molar-refractivity contribution in [2.24, 2.45) is 0 Å². The van der Waals surface area contributed by atoms with Crippen LogP contribution in [0.25, 0.3) is 0 Å². The molecule has 2 aromatic carbocycles. The van der Waals surface area contributed by atoms with Crippen LogP contribution in [0.2, 0.25) is 0 Å². The summed E-state index contributed by atoms with van der Waals surface area (Å²) in [6.45, 7) is 0. The molecule has 6 heteroatoms. The van der Waals surface area contributed by atoms with Crippen molar-refractivity contribution < 1.29 is 18.3 Å². The number of fused-ring (bicyclic) bond motifs is 1. The van der Waals surface area contributed by atoms with E-state index in [-0.39, 0.29) is 10.5 Å². The van der Waals surface area contributed by atoms with Gasteiger partial charge in [-0.25, -0.2) is 13.2 Å². The van der Waals surface area contributed by atoms with E-state index in [1.165, 1.54) is 29.8 Å². The summed E-state index contributed by atoms with van der Waals surface area (Å²) in [6, 6.07) is 10.8. The number of carbonyl (C=O) groups is 1. The number of carboxylic acids is 1. The van der Waals surface area contributed by atoms with Crippen molar-refractivity contribution >= 4 is 21.7 Å². The van der Waals surface area contributed by atoms with Crippen molar-refractivity contribution in [3.8, 4) is 0 Å². The number of carboxylic acid groups (broad SMARTS) is 1. The average molecular weight is 317 g/mol. The van der Waals surface area contributed by atoms with Gasteiger partial charge in [-0.1, -0.05) is 6.07 Å². The second-order valence-corrected chi connectivity index (χ2v) is 6.95. The third kappa shape index (κ3) is 2.82. The average Bonchev–Trinajstić information content (AvgIpc) is 2.94. The van der Waals surface area contributed by atoms with E-state index < -0.39 is 16.0 Å². The Hall–Kier alpha value is -2.34. The lowest BCUT2D eigenvalue weighted by Crippen LogP contribution is -2.13. The van der Waals surface area contributed by atoms with Gasteiger partial charge in [-0.2, -0.15) is 0 Å². The topological polar surface area (TPSA) is 83.5 Å². The molecule has 22 heavy (non-hydrogen) atoms. The minimum absolute atomic E-state index is 0.112. The van der Waals surface area contributed by atoms with E-state index in [4.69, 9.17) is 5.11 Å². The van der Waals surface area contributed by atoms with Crippen LogP contribution in [0.1, 0.15) is 27.9 Å². The maximum atomic E-state index is 12.4. The Kier molecular flexibility index (Phi) is 3.62. The van der Waals surface area contributed by atoms with E-state index in [9.17, 15) is 13.2 Å². The van der Waals surface area contributed by atoms with Crippen molar-refractivity contribution in [2.45, 2.75) is 24.2 Å². The maximum absolute atomic E-state index is 12.4. The smallest absolute Gasteiger partial charge is 0.335 e. The third-order valence-corrected chi connectivity index (χ3v) is 5.14. The molecule has 0 heterocycles. The van der Waals surface area contributed by atoms with Crippen molar-refractivity contribution in [1.82, 2.24) is 0 Å². The largest absolute Gasteiger partial charge is 0.478 e. The van der Waals surface area contributed by atoms with Gasteiger partial charge in [0.2, 0.25) is 0 Å². The molecule has 0 bridgehead atoms. The highest BCUT2D eigenvalue weighted by Gasteiger charge is 2.18. The summed E-state index contributed by atoms with van der Waals surface area (Å²) in [5.74, 6) is -1.05. The summed E-state index contributed by atoms with van der Waals surface area (Å²) >= 11 is 0. The molecule has 114 valence electrons. The molecule has 1 aliphatic rings. The van der Waals surface area contributed by atoms with E-state index in [2.05, 4.69) is 4.72 Å². The number of rotatable bonds is 4. The van der Waals surface area contributed by atoms with Gasteiger partial charge in [0.05, 0.1) is 10.5 Å². The molecule has 0 aliphatic heterocycles. The van der Waals surface area contributed by atoms with Gasteiger partial charge in [0.15, 0.2) is 0 Å². The van der Waals surface area contributed by atoms with Gasteiger partial charge in [-0.3, -0.25) is 4.72 Å². The predicted molar refractivity (Wildman–Crippen MR) is 82.7 cm³/mol. The Morgan fingerprint density at radius 3 is 2.36 bits per heavy atom. The number of hydrogen-bond donors (Lipinski definition) is 2. The number of anilines is 1. The zero-order valence-electron chi connectivity index (χ0n) is 11.7. The lowest BCUT2D eigenvalue weighted by molar-refractivity contribution is 0.0697. The number of aromatic carboxylic acids is 1. The van der Waals surface area contributed by atoms with Crippen molar-refractivity contribution in [3.05, 3.63) is 59.2 Å². The molecule has 5 nitrogen and oxygen atoms in total. The lowest BCUT2D eigenvalue weighted by atomic mass is 10.1. The lowest BCUT2D eigenvalue weighted by Gasteiger charge is -2.10. The normalized spacial score (nSPS) is 13.6. The van der Waals surface area contributed by atoms with Crippen molar-refractivity contribution in [3.63, 3.8) is 0 Å². The molecule has 0 saturated carbocycles. The molecular formula is C16H15NO4S. The molecule has 3 rings (SSSR count). The summed E-state index contributed by atoms with van der Waals surface area (Å²) < 4.78 is 27.3. The maximum Gasteiger partial charge on any atom is 0.335 e. The molecule has 2 N–H and O–H groups in total. The first-order chi connectivity index (χ1) is 10.5. The highest BCUT2D eigenvalue weighted by Crippen LogP contribution is 2.25. The van der Waals surface area contributed by atoms with Gasteiger partial charge in [0.1, 0.15) is 0 Å². The van der Waals surface area contributed by atoms with Crippen LogP contribution in [-0.2, 0) is 22.9 Å². The summed E-state index contributed by atoms with van der Waals surface area (Å²) in [5, 5.41) is 8.84. The number of aryl methyl sites for hydroxylation is 2. The summed E-state index contributed by atoms with van der Waals surface area (Å²) in [5.41, 5.74) is 2.75. The quantitative estimate of drug-likeness (QED) is 0.908. The third-order valence-electron chi connectivity index (χ3n) is 3.76. The Morgan fingerprint density at radius 2 is 1.68 bits per heavy atom. The van der Waals surface area contributed by atoms with Crippen LogP contribution in [0.4, 0.5) is 5.69 Å². The summed E-state index contributed by atoms with van der Waals surface area (Å²) in [6.07, 6.45) is 2.97. The predicted octanol–water partition coefficient (Wildman–Crippen LogP) is 2.67. The molecule has 0 aromatic heterocycles. The van der Waals surface area contributed by atoms with Crippen LogP contribution in [0.5, 0.6) is 0 Å². The van der Waals surface area contributed by atoms with Crippen molar-refractivity contribution in [1.29, 1.82) is 0 Å². The van der Waals surface area contributed by atoms with Crippen LogP contribution < -0.4 is 4.72 Å². The van der Waals surface area contributed by atoms with Gasteiger partial charge in [0, 0.05) is 5.69 Å². The van der Waals surface area contributed by atoms with Gasteiger partial charge in [-0.15, -0.1) is 0 Å². The monoisotopic (exact) mass is 317 g/mol. The Morgan fingerprint density at radius 1 is 1.00 bits per heavy atom. The van der Waals surface area contributed by atoms with Gasteiger partial charge >= 0.3 is 5.97 Å². The minimum atomic E-state index is -3.67. The first kappa shape index (κ1) is 14.6. The zero-order chi connectivity index (χ0) is 15.7. The molecule has 0 atom stereocenters. The molecule has 0 saturated heterocycles. The zero-order valence-corrected chi connectivity index (χ0v) is 12.6. The number of nitrogens with one attached hydrogen (secondary N) is 1. The molecule has 0 fully saturated rings. The fourth-order valence-electron chi connectivity index (χ4n) is 2.61. The number of benzene rings is 2. The van der Waals surface area contributed by atoms with Crippen LogP contribution in [0, 0.1) is 0 Å². The number of hydrogen-bond acceptors (Lipinski definition) is 3. The first-order valence-corrected chi connectivity index (χ1v) is 8.42. The second kappa shape index (κ2) is 5.46. The Labute approximate surface area is 128 Å². The highest BCUT2D eigenvalue weighted by atomic mass is 32.2. The van der Waals surface area contributed by atoms with Gasteiger partial charge < -0.3 is 5.11 Å². The molecule has 0 spiro atoms. The van der Waals surface area contributed by atoms with Gasteiger partial charge in [-0.05, 0) is 66.8 Å². The summed E-state index contributed by atoms with van der Waals surface area (Å²) in [7, 11) is -3.67. The molecule has 0 radical (unpaired) electrons. The van der Waals surface area contributed by atoms with Crippen LogP contribution in [-0.4, -0.2) is 19.5 Å². The number of sulfonamides is 1. The standard InChI is InChI=1S/C16H15NO4S/c18-16(19)12-4-7-14(8-5-12)17-22(20,21)15-9-6-11-2-1-3-13(11)10-15/h4-10,17H,1-3H2,(H,18,19). The van der Waals surface area contributed by atoms with E-state index in [0.717, 1.165) is 24.8 Å². The van der Waals surface area contributed by atoms with E-state index in [1.807, 2.05) is 6.07 Å². The van der Waals surface area contributed by atoms with E-state index in [0.29, 0.717) is 5.69 Å². The van der Waals surface area contributed by atoms with Crippen molar-refractivity contribution in [2.75, 3.05) is 4.72 Å². The van der Waals surface area contributed by atoms with Crippen LogP contribution in [0.15, 0.2) is 47.4 Å². The SMILES string of the molecule is O=C(O)c1ccc(NS(=O)(=O)c2ccc3c(c2)CCC3)cc1. The molecule has 2 aromatic rings. The second-order valence-electron chi connectivity index (χ2n) is 5.27. The molecule has 0 unspecified atom stereocenters. The highest BCUT2D eigenvalue weighted by molar-refractivity contribution is 7.92. The van der Waals surface area contributed by atoms with Gasteiger partial charge in [0.25, 0.3) is 10.0 Å². The molecule has 0 amide bonds. The minimum Gasteiger partial charge on any atom is -0.478 e. The fraction of sp³-hybridized carbons (Fsp3) is 0.188. The first-order valence-electron chi connectivity index (χ1n) is 6.94. The molecular weight excluding hydrogens is 302 g/mol. The Balaban J connectivity index is 1.85. The van der Waals surface area contributed by atoms with Crippen LogP contribution >= 0.6 is 0 Å². The van der Waals surface area contributed by atoms with Crippen LogP contribution in [0.3, 0.4) is 0 Å². The Bertz CT molecular complexity index is 826. The molecule has 1 aliphatic carbocycles. The van der Waals surface area contributed by atoms with E-state index in [1.54, 1.807) is 12.1 Å². The fourth-order valence-corrected chi connectivity index (χ4v) is 3.72.